The van der Waals surface area contributed by atoms with Crippen molar-refractivity contribution < 1.29 is 23.4 Å². The van der Waals surface area contributed by atoms with Crippen molar-refractivity contribution in [3.05, 3.63) is 41.7 Å². The third-order valence-electron chi connectivity index (χ3n) is 10.5. The van der Waals surface area contributed by atoms with Gasteiger partial charge in [-0.05, 0) is 55.8 Å². The summed E-state index contributed by atoms with van der Waals surface area (Å²) in [5.41, 5.74) is 0.449. The van der Waals surface area contributed by atoms with Gasteiger partial charge in [-0.3, -0.25) is 10.2 Å². The zero-order valence-corrected chi connectivity index (χ0v) is 24.6. The van der Waals surface area contributed by atoms with Crippen molar-refractivity contribution in [2.45, 2.75) is 68.5 Å². The number of pyridine rings is 1. The molecule has 4 aromatic rings. The van der Waals surface area contributed by atoms with E-state index in [9.17, 15) is 9.50 Å². The summed E-state index contributed by atoms with van der Waals surface area (Å²) in [6.45, 7) is 1.84. The van der Waals surface area contributed by atoms with Crippen LogP contribution >= 0.6 is 0 Å². The van der Waals surface area contributed by atoms with E-state index in [1.807, 2.05) is 6.07 Å². The maximum Gasteiger partial charge on any atom is 0.319 e. The molecule has 9 nitrogen and oxygen atoms in total. The van der Waals surface area contributed by atoms with Crippen LogP contribution in [0, 0.1) is 18.2 Å². The number of benzene rings is 2. The average molecular weight is 611 g/mol. The molecule has 45 heavy (non-hydrogen) atoms. The fraction of sp³-hybridized carbons (Fsp3) is 0.441. The van der Waals surface area contributed by atoms with E-state index >= 15 is 4.39 Å². The molecule has 4 fully saturated rings. The number of piperidine rings is 1. The van der Waals surface area contributed by atoms with Crippen LogP contribution in [-0.2, 0) is 0 Å². The Balaban J connectivity index is 1.25. The second-order valence-electron chi connectivity index (χ2n) is 13.0. The number of hydrogen-bond donors (Lipinski definition) is 2. The number of fused-ring (bicyclic) bond motifs is 8. The standard InChI is InChI=1S/C34H32F2N6O3/c1-2-18-5-3-6-19-13-21(43)14-22(26(18)19)29-28(36)30-27-31(42-24(9-12-44-32(27)38-29)23-7-8-25(42)37-23)40-33(39-30)45-17-34-10-4-11-41(34)16-20(35)15-34/h1,3,5-6,13-14,20,23-25,37,43H,4,7-12,15-17H2/t20?,23?,24-,25?,34+/m1/s1. The summed E-state index contributed by atoms with van der Waals surface area (Å²) in [5.74, 6) is 2.69. The molecular weight excluding hydrogens is 578 g/mol. The van der Waals surface area contributed by atoms with E-state index in [1.165, 1.54) is 6.07 Å². The third kappa shape index (κ3) is 4.01. The minimum Gasteiger partial charge on any atom is -0.508 e. The predicted octanol–water partition coefficient (Wildman–Crippen LogP) is 4.68. The number of nitrogens with one attached hydrogen (secondary N) is 1. The van der Waals surface area contributed by atoms with Gasteiger partial charge in [0.2, 0.25) is 5.88 Å². The normalized spacial score (nSPS) is 28.5. The first kappa shape index (κ1) is 27.1. The van der Waals surface area contributed by atoms with Crippen molar-refractivity contribution in [1.82, 2.24) is 25.2 Å². The van der Waals surface area contributed by atoms with E-state index in [0.29, 0.717) is 52.7 Å². The highest BCUT2D eigenvalue weighted by atomic mass is 19.1. The molecule has 5 aliphatic heterocycles. The number of phenolic OH excluding ortho intramolecular Hbond substituents is 1. The first-order valence-corrected chi connectivity index (χ1v) is 15.8. The zero-order chi connectivity index (χ0) is 30.4. The summed E-state index contributed by atoms with van der Waals surface area (Å²) < 4.78 is 44.1. The van der Waals surface area contributed by atoms with Gasteiger partial charge in [0.25, 0.3) is 0 Å². The summed E-state index contributed by atoms with van der Waals surface area (Å²) in [6.07, 6.45) is 9.92. The number of rotatable bonds is 4. The zero-order valence-electron chi connectivity index (χ0n) is 24.6. The third-order valence-corrected chi connectivity index (χ3v) is 10.5. The lowest BCUT2D eigenvalue weighted by Crippen LogP contribution is -2.45. The number of nitrogens with zero attached hydrogens (tertiary/aromatic N) is 5. The second kappa shape index (κ2) is 9.86. The number of alkyl halides is 1. The van der Waals surface area contributed by atoms with Gasteiger partial charge in [0.05, 0.1) is 24.4 Å². The van der Waals surface area contributed by atoms with Crippen molar-refractivity contribution in [2.24, 2.45) is 0 Å². The van der Waals surface area contributed by atoms with Gasteiger partial charge < -0.3 is 19.5 Å². The van der Waals surface area contributed by atoms with Crippen LogP contribution in [0.1, 0.15) is 44.1 Å². The molecule has 5 atom stereocenters. The number of halogens is 2. The van der Waals surface area contributed by atoms with Gasteiger partial charge in [0.1, 0.15) is 35.1 Å². The van der Waals surface area contributed by atoms with Crippen LogP contribution in [0.2, 0.25) is 0 Å². The molecule has 2 aromatic heterocycles. The van der Waals surface area contributed by atoms with Crippen LogP contribution < -0.4 is 19.7 Å². The number of hydrogen-bond acceptors (Lipinski definition) is 9. The molecule has 2 bridgehead atoms. The summed E-state index contributed by atoms with van der Waals surface area (Å²) >= 11 is 0. The Kier molecular flexibility index (Phi) is 5.93. The summed E-state index contributed by atoms with van der Waals surface area (Å²) in [7, 11) is 0. The fourth-order valence-corrected chi connectivity index (χ4v) is 8.62. The quantitative estimate of drug-likeness (QED) is 0.320. The number of aromatic nitrogens is 3. The number of aromatic hydroxyl groups is 1. The van der Waals surface area contributed by atoms with E-state index < -0.39 is 17.5 Å². The van der Waals surface area contributed by atoms with Gasteiger partial charge in [-0.1, -0.05) is 18.1 Å². The highest BCUT2D eigenvalue weighted by molar-refractivity contribution is 6.04. The molecule has 2 aromatic carbocycles. The van der Waals surface area contributed by atoms with Gasteiger partial charge in [-0.15, -0.1) is 6.42 Å². The monoisotopic (exact) mass is 610 g/mol. The molecule has 0 spiro atoms. The van der Waals surface area contributed by atoms with E-state index in [4.69, 9.17) is 25.9 Å². The molecule has 0 aliphatic carbocycles. The molecule has 230 valence electrons. The fourth-order valence-electron chi connectivity index (χ4n) is 8.62. The van der Waals surface area contributed by atoms with Gasteiger partial charge in [-0.25, -0.2) is 13.8 Å². The lowest BCUT2D eigenvalue weighted by Gasteiger charge is -2.37. The molecule has 0 radical (unpaired) electrons. The summed E-state index contributed by atoms with van der Waals surface area (Å²) in [6, 6.07) is 8.87. The smallest absolute Gasteiger partial charge is 0.319 e. The Morgan fingerprint density at radius 3 is 2.98 bits per heavy atom. The summed E-state index contributed by atoms with van der Waals surface area (Å²) in [5, 5.41) is 16.0. The molecule has 11 heteroatoms. The van der Waals surface area contributed by atoms with Crippen LogP contribution in [0.3, 0.4) is 0 Å². The Hall–Kier alpha value is -4.27. The maximum absolute atomic E-state index is 17.0. The molecule has 9 rings (SSSR count). The lowest BCUT2D eigenvalue weighted by atomic mass is 9.95. The van der Waals surface area contributed by atoms with Crippen molar-refractivity contribution in [2.75, 3.05) is 31.2 Å². The van der Waals surface area contributed by atoms with Crippen molar-refractivity contribution >= 4 is 27.5 Å². The second-order valence-corrected chi connectivity index (χ2v) is 13.0. The highest BCUT2D eigenvalue weighted by Crippen LogP contribution is 2.46. The number of ether oxygens (including phenoxy) is 2. The minimum absolute atomic E-state index is 0.0173. The van der Waals surface area contributed by atoms with Crippen LogP contribution in [0.5, 0.6) is 17.6 Å². The van der Waals surface area contributed by atoms with Crippen LogP contribution in [0.25, 0.3) is 32.9 Å². The first-order chi connectivity index (χ1) is 21.9. The number of anilines is 1. The molecule has 5 aliphatic rings. The van der Waals surface area contributed by atoms with Gasteiger partial charge in [0.15, 0.2) is 11.6 Å². The van der Waals surface area contributed by atoms with Gasteiger partial charge >= 0.3 is 6.01 Å². The minimum atomic E-state index is -0.900. The topological polar surface area (TPSA) is 95.9 Å². The van der Waals surface area contributed by atoms with Crippen molar-refractivity contribution in [1.29, 1.82) is 0 Å². The predicted molar refractivity (Wildman–Crippen MR) is 165 cm³/mol. The van der Waals surface area contributed by atoms with Gasteiger partial charge in [-0.2, -0.15) is 9.97 Å². The van der Waals surface area contributed by atoms with Gasteiger partial charge in [0, 0.05) is 41.9 Å². The Bertz CT molecular complexity index is 1930. The Morgan fingerprint density at radius 2 is 2.09 bits per heavy atom. The van der Waals surface area contributed by atoms with Crippen LogP contribution in [-0.4, -0.2) is 81.2 Å². The molecular formula is C34H32F2N6O3. The Labute approximate surface area is 258 Å². The van der Waals surface area contributed by atoms with E-state index in [0.717, 1.165) is 38.6 Å². The SMILES string of the molecule is C#Cc1cccc2cc(O)cc(-c3nc4c5c(nc(OC[C@@]67CCCN6CC(F)C7)nc5c3F)N3C5CCC(N5)[C@H]3CCO4)c12. The van der Waals surface area contributed by atoms with Crippen LogP contribution in [0.15, 0.2) is 30.3 Å². The van der Waals surface area contributed by atoms with E-state index in [-0.39, 0.29) is 53.7 Å². The summed E-state index contributed by atoms with van der Waals surface area (Å²) in [4.78, 5) is 18.7. The van der Waals surface area contributed by atoms with E-state index in [1.54, 1.807) is 18.2 Å². The maximum atomic E-state index is 17.0. The molecule has 2 N–H and O–H groups in total. The Morgan fingerprint density at radius 1 is 1.18 bits per heavy atom. The van der Waals surface area contributed by atoms with Crippen molar-refractivity contribution in [3.8, 4) is 41.2 Å². The molecule has 4 saturated heterocycles. The number of terminal acetylenes is 1. The molecule has 3 unspecified atom stereocenters. The van der Waals surface area contributed by atoms with Crippen LogP contribution in [0.4, 0.5) is 14.6 Å². The molecule has 0 saturated carbocycles. The highest BCUT2D eigenvalue weighted by Gasteiger charge is 2.50. The van der Waals surface area contributed by atoms with Crippen molar-refractivity contribution in [3.63, 3.8) is 0 Å². The largest absolute Gasteiger partial charge is 0.508 e. The lowest BCUT2D eigenvalue weighted by molar-refractivity contribution is 0.107. The molecule has 0 amide bonds. The number of phenols is 1. The first-order valence-electron chi connectivity index (χ1n) is 15.8. The van der Waals surface area contributed by atoms with E-state index in [2.05, 4.69) is 26.0 Å². The average Bonchev–Trinajstić information content (AvgIpc) is 3.79. The molecule has 7 heterocycles.